The molecule has 26 heavy (non-hydrogen) atoms. The number of rotatable bonds is 5. The largest absolute Gasteiger partial charge is 0.396 e. The lowest BCUT2D eigenvalue weighted by Crippen LogP contribution is -2.45. The number of anilines is 2. The topological polar surface area (TPSA) is 91.5 Å². The minimum Gasteiger partial charge on any atom is -0.396 e. The highest BCUT2D eigenvalue weighted by atomic mass is 16.3. The maximum atomic E-state index is 12.4. The fourth-order valence-electron chi connectivity index (χ4n) is 3.51. The maximum Gasteiger partial charge on any atom is 0.328 e. The van der Waals surface area contributed by atoms with Gasteiger partial charge in [-0.3, -0.25) is 9.13 Å². The van der Waals surface area contributed by atoms with Crippen LogP contribution in [0.4, 0.5) is 16.2 Å². The predicted molar refractivity (Wildman–Crippen MR) is 103 cm³/mol. The average molecular weight is 361 g/mol. The Labute approximate surface area is 152 Å². The molecule has 3 N–H and O–H groups in total. The van der Waals surface area contributed by atoms with Gasteiger partial charge in [0.2, 0.25) is 0 Å². The number of urea groups is 1. The summed E-state index contributed by atoms with van der Waals surface area (Å²) in [5.41, 5.74) is 2.73. The first-order chi connectivity index (χ1) is 12.3. The van der Waals surface area contributed by atoms with E-state index in [-0.39, 0.29) is 23.7 Å². The van der Waals surface area contributed by atoms with Crippen molar-refractivity contribution in [3.8, 4) is 0 Å². The smallest absolute Gasteiger partial charge is 0.328 e. The fraction of sp³-hybridized carbons (Fsp3) is 0.556. The predicted octanol–water partition coefficient (Wildman–Crippen LogP) is 1.23. The Balaban J connectivity index is 1.86. The molecule has 1 saturated carbocycles. The Morgan fingerprint density at radius 3 is 2.35 bits per heavy atom. The van der Waals surface area contributed by atoms with Gasteiger partial charge < -0.3 is 20.6 Å². The molecule has 8 heteroatoms. The van der Waals surface area contributed by atoms with Crippen LogP contribution in [-0.2, 0) is 14.1 Å². The summed E-state index contributed by atoms with van der Waals surface area (Å²) in [5.74, 6) is 0. The van der Waals surface area contributed by atoms with Crippen molar-refractivity contribution >= 4 is 28.4 Å². The number of aromatic nitrogens is 2. The number of fused-ring (bicyclic) bond motifs is 1. The van der Waals surface area contributed by atoms with Crippen LogP contribution in [-0.4, -0.2) is 47.5 Å². The molecule has 2 aromatic rings. The van der Waals surface area contributed by atoms with Gasteiger partial charge in [-0.15, -0.1) is 0 Å². The Morgan fingerprint density at radius 2 is 1.85 bits per heavy atom. The molecule has 8 nitrogen and oxygen atoms in total. The van der Waals surface area contributed by atoms with Crippen LogP contribution in [0.15, 0.2) is 16.9 Å². The standard InChI is InChI=1S/C18H27N5O3/c1-21(2)13-9-15-14(22(3)17(26)23(15)4)8-12(13)20-16(25)19-10-18(11-24)6-5-7-18/h8-9,24H,5-7,10-11H2,1-4H3,(H2,19,20,25). The van der Waals surface area contributed by atoms with Crippen molar-refractivity contribution in [3.63, 3.8) is 0 Å². The van der Waals surface area contributed by atoms with Crippen molar-refractivity contribution in [2.45, 2.75) is 19.3 Å². The highest BCUT2D eigenvalue weighted by molar-refractivity contribution is 5.97. The quantitative estimate of drug-likeness (QED) is 0.747. The summed E-state index contributed by atoms with van der Waals surface area (Å²) < 4.78 is 3.15. The van der Waals surface area contributed by atoms with E-state index >= 15 is 0 Å². The summed E-state index contributed by atoms with van der Waals surface area (Å²) >= 11 is 0. The summed E-state index contributed by atoms with van der Waals surface area (Å²) in [5, 5.41) is 15.3. The lowest BCUT2D eigenvalue weighted by Gasteiger charge is -2.40. The number of aliphatic hydroxyl groups is 1. The van der Waals surface area contributed by atoms with Crippen LogP contribution in [0.3, 0.4) is 0 Å². The van der Waals surface area contributed by atoms with Gasteiger partial charge in [0.15, 0.2) is 0 Å². The Kier molecular flexibility index (Phi) is 4.70. The van der Waals surface area contributed by atoms with E-state index in [2.05, 4.69) is 10.6 Å². The molecule has 3 rings (SSSR count). The molecule has 0 unspecified atom stereocenters. The molecule has 0 saturated heterocycles. The van der Waals surface area contributed by atoms with Crippen molar-refractivity contribution in [1.29, 1.82) is 0 Å². The fourth-order valence-corrected chi connectivity index (χ4v) is 3.51. The Morgan fingerprint density at radius 1 is 1.23 bits per heavy atom. The van der Waals surface area contributed by atoms with E-state index in [4.69, 9.17) is 0 Å². The molecule has 1 aliphatic carbocycles. The van der Waals surface area contributed by atoms with E-state index in [1.54, 1.807) is 23.2 Å². The number of aryl methyl sites for hydroxylation is 2. The molecule has 1 aliphatic rings. The summed E-state index contributed by atoms with van der Waals surface area (Å²) in [6.07, 6.45) is 2.96. The maximum absolute atomic E-state index is 12.4. The summed E-state index contributed by atoms with van der Waals surface area (Å²) in [4.78, 5) is 26.5. The van der Waals surface area contributed by atoms with Crippen LogP contribution in [0.1, 0.15) is 19.3 Å². The summed E-state index contributed by atoms with van der Waals surface area (Å²) in [6, 6.07) is 3.40. The molecule has 0 bridgehead atoms. The number of carbonyl (C=O) groups excluding carboxylic acids is 1. The summed E-state index contributed by atoms with van der Waals surface area (Å²) in [6.45, 7) is 0.549. The van der Waals surface area contributed by atoms with E-state index in [1.807, 2.05) is 31.1 Å². The van der Waals surface area contributed by atoms with E-state index in [9.17, 15) is 14.7 Å². The molecular formula is C18H27N5O3. The van der Waals surface area contributed by atoms with Gasteiger partial charge in [-0.2, -0.15) is 0 Å². The minimum absolute atomic E-state index is 0.0916. The normalized spacial score (nSPS) is 15.6. The number of aliphatic hydroxyl groups excluding tert-OH is 1. The third-order valence-electron chi connectivity index (χ3n) is 5.49. The van der Waals surface area contributed by atoms with Crippen LogP contribution >= 0.6 is 0 Å². The molecular weight excluding hydrogens is 334 g/mol. The number of nitrogens with one attached hydrogen (secondary N) is 2. The Bertz CT molecular complexity index is 887. The molecule has 142 valence electrons. The molecule has 2 amide bonds. The van der Waals surface area contributed by atoms with Crippen molar-refractivity contribution < 1.29 is 9.90 Å². The molecule has 1 aromatic carbocycles. The van der Waals surface area contributed by atoms with Gasteiger partial charge in [0.1, 0.15) is 0 Å². The van der Waals surface area contributed by atoms with Gasteiger partial charge >= 0.3 is 11.7 Å². The molecule has 1 heterocycles. The lowest BCUT2D eigenvalue weighted by molar-refractivity contribution is 0.0476. The second kappa shape index (κ2) is 6.68. The Hall–Kier alpha value is -2.48. The van der Waals surface area contributed by atoms with Gasteiger partial charge in [-0.1, -0.05) is 6.42 Å². The SMILES string of the molecule is CN(C)c1cc2c(cc1NC(=O)NCC1(CO)CCC1)n(C)c(=O)n2C. The molecule has 0 radical (unpaired) electrons. The first-order valence-electron chi connectivity index (χ1n) is 8.80. The number of amides is 2. The lowest BCUT2D eigenvalue weighted by atomic mass is 9.69. The molecule has 0 spiro atoms. The van der Waals surface area contributed by atoms with E-state index in [1.165, 1.54) is 0 Å². The summed E-state index contributed by atoms with van der Waals surface area (Å²) in [7, 11) is 7.23. The van der Waals surface area contributed by atoms with Crippen LogP contribution < -0.4 is 21.2 Å². The van der Waals surface area contributed by atoms with Crippen LogP contribution in [0.2, 0.25) is 0 Å². The monoisotopic (exact) mass is 361 g/mol. The number of carbonyl (C=O) groups is 1. The van der Waals surface area contributed by atoms with Gasteiger partial charge in [0, 0.05) is 40.2 Å². The number of nitrogens with zero attached hydrogens (tertiary/aromatic N) is 3. The zero-order chi connectivity index (χ0) is 19.1. The van der Waals surface area contributed by atoms with Crippen LogP contribution in [0, 0.1) is 5.41 Å². The van der Waals surface area contributed by atoms with Crippen molar-refractivity contribution in [3.05, 3.63) is 22.6 Å². The van der Waals surface area contributed by atoms with Crippen molar-refractivity contribution in [2.24, 2.45) is 19.5 Å². The van der Waals surface area contributed by atoms with E-state index in [0.29, 0.717) is 12.2 Å². The first kappa shape index (κ1) is 18.3. The zero-order valence-electron chi connectivity index (χ0n) is 15.8. The van der Waals surface area contributed by atoms with Gasteiger partial charge in [-0.25, -0.2) is 9.59 Å². The number of imidazole rings is 1. The van der Waals surface area contributed by atoms with Gasteiger partial charge in [0.05, 0.1) is 29.0 Å². The van der Waals surface area contributed by atoms with Crippen molar-refractivity contribution in [2.75, 3.05) is 37.5 Å². The number of benzene rings is 1. The number of hydrogen-bond donors (Lipinski definition) is 3. The first-order valence-corrected chi connectivity index (χ1v) is 8.80. The van der Waals surface area contributed by atoms with Gasteiger partial charge in [0.25, 0.3) is 0 Å². The molecule has 0 aliphatic heterocycles. The minimum atomic E-state index is -0.312. The third kappa shape index (κ3) is 3.05. The number of hydrogen-bond acceptors (Lipinski definition) is 4. The van der Waals surface area contributed by atoms with Crippen LogP contribution in [0.25, 0.3) is 11.0 Å². The highest BCUT2D eigenvalue weighted by Gasteiger charge is 2.36. The molecule has 1 fully saturated rings. The third-order valence-corrected chi connectivity index (χ3v) is 5.49. The van der Waals surface area contributed by atoms with Crippen LogP contribution in [0.5, 0.6) is 0 Å². The highest BCUT2D eigenvalue weighted by Crippen LogP contribution is 2.39. The van der Waals surface area contributed by atoms with E-state index in [0.717, 1.165) is 36.0 Å². The second-order valence-corrected chi connectivity index (χ2v) is 7.47. The van der Waals surface area contributed by atoms with Gasteiger partial charge in [-0.05, 0) is 25.0 Å². The molecule has 1 aromatic heterocycles. The second-order valence-electron chi connectivity index (χ2n) is 7.47. The zero-order valence-corrected chi connectivity index (χ0v) is 15.8. The van der Waals surface area contributed by atoms with Crippen molar-refractivity contribution in [1.82, 2.24) is 14.5 Å². The van der Waals surface area contributed by atoms with E-state index < -0.39 is 0 Å². The average Bonchev–Trinajstić information content (AvgIpc) is 2.78. The molecule has 0 atom stereocenters.